The van der Waals surface area contributed by atoms with Crippen LogP contribution in [0.15, 0.2) is 30.3 Å². The van der Waals surface area contributed by atoms with Crippen molar-refractivity contribution in [1.29, 1.82) is 0 Å². The van der Waals surface area contributed by atoms with Crippen molar-refractivity contribution in [2.24, 2.45) is 11.8 Å². The Labute approximate surface area is 200 Å². The molecule has 2 amide bonds. The molecule has 192 valence electrons. The molecule has 0 aliphatic rings. The largest absolute Gasteiger partial charge is 0.465 e. The van der Waals surface area contributed by atoms with Crippen molar-refractivity contribution in [3.63, 3.8) is 0 Å². The van der Waals surface area contributed by atoms with Gasteiger partial charge in [0.15, 0.2) is 0 Å². The molecule has 0 heterocycles. The molecule has 1 atom stereocenters. The first-order chi connectivity index (χ1) is 16.2. The molecule has 0 bridgehead atoms. The minimum atomic E-state index is -4.15. The Kier molecular flexibility index (Phi) is 13.6. The van der Waals surface area contributed by atoms with Crippen molar-refractivity contribution in [3.05, 3.63) is 35.9 Å². The van der Waals surface area contributed by atoms with Crippen molar-refractivity contribution in [1.82, 2.24) is 10.4 Å². The van der Waals surface area contributed by atoms with Crippen molar-refractivity contribution in [3.8, 4) is 0 Å². The molecule has 0 aliphatic heterocycles. The van der Waals surface area contributed by atoms with E-state index in [-0.39, 0.29) is 25.7 Å². The number of amides is 2. The number of hydrogen-bond donors (Lipinski definition) is 1. The average molecular weight is 503 g/mol. The third-order valence-corrected chi connectivity index (χ3v) is 5.78. The zero-order valence-corrected chi connectivity index (χ0v) is 21.2. The van der Waals surface area contributed by atoms with E-state index in [2.05, 4.69) is 15.2 Å². The molecule has 1 N–H and O–H groups in total. The molecule has 0 saturated heterocycles. The molecule has 0 aromatic heterocycles. The fraction of sp³-hybridized carbons (Fsp3) is 0.591. The number of ether oxygens (including phenoxy) is 1. The molecule has 1 aromatic rings. The Morgan fingerprint density at radius 2 is 1.56 bits per heavy atom. The molecule has 0 saturated carbocycles. The van der Waals surface area contributed by atoms with Gasteiger partial charge in [-0.2, -0.15) is 0 Å². The Morgan fingerprint density at radius 3 is 2.06 bits per heavy atom. The third-order valence-electron chi connectivity index (χ3n) is 4.44. The quantitative estimate of drug-likeness (QED) is 0.166. The summed E-state index contributed by atoms with van der Waals surface area (Å²) in [6, 6.07) is 9.38. The second-order valence-corrected chi connectivity index (χ2v) is 9.37. The van der Waals surface area contributed by atoms with E-state index in [0.29, 0.717) is 6.42 Å². The summed E-state index contributed by atoms with van der Waals surface area (Å²) in [5.41, 5.74) is 3.26. The number of benzene rings is 1. The van der Waals surface area contributed by atoms with Crippen LogP contribution < -0.4 is 5.43 Å². The van der Waals surface area contributed by atoms with Gasteiger partial charge in [0.05, 0.1) is 19.8 Å². The summed E-state index contributed by atoms with van der Waals surface area (Å²) in [4.78, 5) is 47.6. The zero-order chi connectivity index (χ0) is 25.6. The maximum Gasteiger partial charge on any atom is 0.393 e. The zero-order valence-electron chi connectivity index (χ0n) is 20.4. The van der Waals surface area contributed by atoms with Crippen LogP contribution in [-0.4, -0.2) is 55.3 Å². The first-order valence-corrected chi connectivity index (χ1v) is 12.9. The second kappa shape index (κ2) is 15.6. The number of carbonyl (C=O) groups excluding carboxylic acids is 3. The second-order valence-electron chi connectivity index (χ2n) is 7.54. The fourth-order valence-corrected chi connectivity index (χ4v) is 3.96. The molecule has 34 heavy (non-hydrogen) atoms. The van der Waals surface area contributed by atoms with Crippen molar-refractivity contribution in [2.75, 3.05) is 32.5 Å². The van der Waals surface area contributed by atoms with E-state index in [0.717, 1.165) is 10.6 Å². The average Bonchev–Trinajstić information content (AvgIpc) is 2.79. The van der Waals surface area contributed by atoms with Crippen LogP contribution >= 0.6 is 7.60 Å². The van der Waals surface area contributed by atoms with E-state index in [9.17, 15) is 18.9 Å². The van der Waals surface area contributed by atoms with Gasteiger partial charge in [0, 0.05) is 5.92 Å². The monoisotopic (exact) mass is 502 g/mol. The Hall–Kier alpha value is -2.30. The fourth-order valence-electron chi connectivity index (χ4n) is 2.88. The van der Waals surface area contributed by atoms with Crippen LogP contribution in [0.3, 0.4) is 0 Å². The molecule has 1 unspecified atom stereocenters. The summed E-state index contributed by atoms with van der Waals surface area (Å²) in [6.07, 6.45) is -0.420. The van der Waals surface area contributed by atoms with E-state index < -0.39 is 44.0 Å². The summed E-state index contributed by atoms with van der Waals surface area (Å²) in [6.45, 7) is 8.21. The van der Waals surface area contributed by atoms with E-state index in [1.165, 1.54) is 0 Å². The molecule has 0 spiro atoms. The van der Waals surface area contributed by atoms with Crippen LogP contribution in [0.4, 0.5) is 0 Å². The van der Waals surface area contributed by atoms with Gasteiger partial charge in [-0.05, 0) is 38.7 Å². The normalized spacial score (nSPS) is 12.3. The summed E-state index contributed by atoms with van der Waals surface area (Å²) < 4.78 is 27.2. The maximum atomic E-state index is 13.4. The van der Waals surface area contributed by atoms with Gasteiger partial charge in [-0.3, -0.25) is 24.4 Å². The predicted molar refractivity (Wildman–Crippen MR) is 123 cm³/mol. The molecule has 1 aromatic carbocycles. The standard InChI is InChI=1S/C22H35N2O9P/c1-6-29-21(26)15-24(22(27)19(17(4)5)14-18-12-10-9-11-13-18)23-20(25)16-34(28,32-30-7-2)33-31-8-3/h9-13,17,19H,6-8,14-16H2,1-5H3,(H,23,25). The number of nitrogens with one attached hydrogen (secondary N) is 1. The lowest BCUT2D eigenvalue weighted by Gasteiger charge is -2.29. The first kappa shape index (κ1) is 29.7. The maximum absolute atomic E-state index is 13.4. The van der Waals surface area contributed by atoms with E-state index in [1.807, 2.05) is 44.2 Å². The van der Waals surface area contributed by atoms with Gasteiger partial charge in [0.2, 0.25) is 5.91 Å². The van der Waals surface area contributed by atoms with Crippen LogP contribution in [0.25, 0.3) is 0 Å². The van der Waals surface area contributed by atoms with Gasteiger partial charge in [-0.1, -0.05) is 44.2 Å². The molecular weight excluding hydrogens is 467 g/mol. The molecular formula is C22H35N2O9P. The SMILES string of the molecule is CCOOP(=O)(CC(=O)NN(CC(=O)OCC)C(=O)C(Cc1ccccc1)C(C)C)OOCC. The first-order valence-electron chi connectivity index (χ1n) is 11.2. The minimum absolute atomic E-state index is 0.0458. The summed E-state index contributed by atoms with van der Waals surface area (Å²) in [5, 5.41) is 0.875. The molecule has 12 heteroatoms. The number of esters is 1. The smallest absolute Gasteiger partial charge is 0.393 e. The van der Waals surface area contributed by atoms with Gasteiger partial charge < -0.3 is 4.74 Å². The Balaban J connectivity index is 3.07. The van der Waals surface area contributed by atoms with Gasteiger partial charge >= 0.3 is 13.6 Å². The summed E-state index contributed by atoms with van der Waals surface area (Å²) >= 11 is 0. The number of nitrogens with zero attached hydrogens (tertiary/aromatic N) is 1. The van der Waals surface area contributed by atoms with Crippen molar-refractivity contribution < 1.29 is 42.8 Å². The van der Waals surface area contributed by atoms with Gasteiger partial charge in [0.25, 0.3) is 5.91 Å². The van der Waals surface area contributed by atoms with E-state index >= 15 is 0 Å². The number of carbonyl (C=O) groups is 3. The van der Waals surface area contributed by atoms with Crippen LogP contribution in [0.1, 0.15) is 40.2 Å². The lowest BCUT2D eigenvalue weighted by Crippen LogP contribution is -2.53. The molecule has 0 radical (unpaired) electrons. The summed E-state index contributed by atoms with van der Waals surface area (Å²) in [5.74, 6) is -2.77. The highest BCUT2D eigenvalue weighted by Gasteiger charge is 2.35. The van der Waals surface area contributed by atoms with Crippen molar-refractivity contribution >= 4 is 25.4 Å². The molecule has 0 fully saturated rings. The third kappa shape index (κ3) is 10.8. The van der Waals surface area contributed by atoms with Crippen LogP contribution in [0, 0.1) is 11.8 Å². The molecule has 11 nitrogen and oxygen atoms in total. The molecule has 1 rings (SSSR count). The van der Waals surface area contributed by atoms with Gasteiger partial charge in [0.1, 0.15) is 12.7 Å². The van der Waals surface area contributed by atoms with E-state index in [4.69, 9.17) is 14.1 Å². The number of rotatable bonds is 15. The van der Waals surface area contributed by atoms with Crippen molar-refractivity contribution in [2.45, 2.75) is 41.0 Å². The lowest BCUT2D eigenvalue weighted by molar-refractivity contribution is -0.262. The van der Waals surface area contributed by atoms with Crippen LogP contribution in [0.2, 0.25) is 0 Å². The number of hydrogen-bond acceptors (Lipinski definition) is 9. The van der Waals surface area contributed by atoms with Gasteiger partial charge in [-0.25, -0.2) is 14.8 Å². The lowest BCUT2D eigenvalue weighted by atomic mass is 9.88. The van der Waals surface area contributed by atoms with Crippen LogP contribution in [0.5, 0.6) is 0 Å². The highest BCUT2D eigenvalue weighted by molar-refractivity contribution is 7.54. The summed E-state index contributed by atoms with van der Waals surface area (Å²) in [7, 11) is -4.15. The minimum Gasteiger partial charge on any atom is -0.465 e. The molecule has 0 aliphatic carbocycles. The predicted octanol–water partition coefficient (Wildman–Crippen LogP) is 3.05. The highest BCUT2D eigenvalue weighted by atomic mass is 31.2. The van der Waals surface area contributed by atoms with E-state index in [1.54, 1.807) is 20.8 Å². The number of hydrazine groups is 1. The Morgan fingerprint density at radius 1 is 0.971 bits per heavy atom. The topological polar surface area (TPSA) is 130 Å². The Bertz CT molecular complexity index is 808. The van der Waals surface area contributed by atoms with Gasteiger partial charge in [-0.15, -0.1) is 9.35 Å². The highest BCUT2D eigenvalue weighted by Crippen LogP contribution is 2.48. The van der Waals surface area contributed by atoms with Crippen LogP contribution in [-0.2, 0) is 49.2 Å².